The highest BCUT2D eigenvalue weighted by Crippen LogP contribution is 2.75. The minimum Gasteiger partial charge on any atom is -0.373 e. The lowest BCUT2D eigenvalue weighted by atomic mass is 9.65. The van der Waals surface area contributed by atoms with Crippen molar-refractivity contribution < 1.29 is 19.2 Å². The van der Waals surface area contributed by atoms with Gasteiger partial charge in [-0.2, -0.15) is 5.06 Å². The van der Waals surface area contributed by atoms with Gasteiger partial charge in [0, 0.05) is 11.8 Å². The smallest absolute Gasteiger partial charge is 0.260 e. The number of carbonyl (C=O) groups excluding carboxylic acids is 2. The summed E-state index contributed by atoms with van der Waals surface area (Å²) in [6.45, 7) is 0.124. The summed E-state index contributed by atoms with van der Waals surface area (Å²) in [5.74, 6) is -2.59. The van der Waals surface area contributed by atoms with Crippen LogP contribution in [0, 0.1) is 23.7 Å². The number of ether oxygens (including phenoxy) is 1. The van der Waals surface area contributed by atoms with Crippen molar-refractivity contribution in [2.24, 2.45) is 23.7 Å². The number of benzene rings is 1. The van der Waals surface area contributed by atoms with Crippen LogP contribution in [-0.2, 0) is 25.8 Å². The van der Waals surface area contributed by atoms with Gasteiger partial charge in [-0.1, -0.05) is 53.5 Å². The Bertz CT molecular complexity index is 932. The molecule has 2 aliphatic carbocycles. The molecule has 1 saturated carbocycles. The van der Waals surface area contributed by atoms with Crippen LogP contribution in [0.15, 0.2) is 40.4 Å². The number of hydrogen-bond acceptors (Lipinski definition) is 4. The molecule has 9 heteroatoms. The lowest BCUT2D eigenvalue weighted by Gasteiger charge is -2.40. The molecule has 2 amide bonds. The fraction of sp³-hybridized carbons (Fsp3) is 0.500. The Morgan fingerprint density at radius 3 is 2.00 bits per heavy atom. The van der Waals surface area contributed by atoms with E-state index < -0.39 is 33.8 Å². The molecule has 0 unspecified atom stereocenters. The van der Waals surface area contributed by atoms with Gasteiger partial charge in [0.05, 0.1) is 43.9 Å². The van der Waals surface area contributed by atoms with E-state index in [-0.39, 0.29) is 30.3 Å². The Morgan fingerprint density at radius 1 is 0.966 bits per heavy atom. The van der Waals surface area contributed by atoms with Crippen LogP contribution in [0.25, 0.3) is 0 Å². The molecule has 152 valence electrons. The van der Waals surface area contributed by atoms with Crippen LogP contribution >= 0.6 is 46.4 Å². The Hall–Kier alpha value is -0.820. The number of carbonyl (C=O) groups is 2. The van der Waals surface area contributed by atoms with Crippen molar-refractivity contribution in [3.05, 3.63) is 46.0 Å². The van der Waals surface area contributed by atoms with Crippen LogP contribution < -0.4 is 0 Å². The van der Waals surface area contributed by atoms with E-state index in [0.29, 0.717) is 16.5 Å². The minimum absolute atomic E-state index is 0.124. The number of imide groups is 1. The largest absolute Gasteiger partial charge is 0.373 e. The highest BCUT2D eigenvalue weighted by molar-refractivity contribution is 6.51. The molecule has 4 fully saturated rings. The summed E-state index contributed by atoms with van der Waals surface area (Å²) in [4.78, 5) is 29.9. The molecular formula is C20H15Cl4NO4. The molecule has 0 radical (unpaired) electrons. The average Bonchev–Trinajstić information content (AvgIpc) is 3.43. The fourth-order valence-electron chi connectivity index (χ4n) is 6.11. The third-order valence-corrected chi connectivity index (χ3v) is 9.66. The van der Waals surface area contributed by atoms with Crippen LogP contribution in [0.3, 0.4) is 0 Å². The third kappa shape index (κ3) is 2.12. The van der Waals surface area contributed by atoms with Gasteiger partial charge in [-0.15, -0.1) is 23.2 Å². The van der Waals surface area contributed by atoms with Gasteiger partial charge in [0.15, 0.2) is 0 Å². The summed E-state index contributed by atoms with van der Waals surface area (Å²) in [6, 6.07) is 9.35. The third-order valence-electron chi connectivity index (χ3n) is 7.17. The Labute approximate surface area is 186 Å². The molecule has 5 aliphatic rings. The van der Waals surface area contributed by atoms with E-state index in [4.69, 9.17) is 56.0 Å². The summed E-state index contributed by atoms with van der Waals surface area (Å²) in [7, 11) is 0. The van der Waals surface area contributed by atoms with Crippen molar-refractivity contribution in [2.75, 3.05) is 0 Å². The summed E-state index contributed by atoms with van der Waals surface area (Å²) >= 11 is 26.7. The number of hydrogen-bond donors (Lipinski definition) is 0. The number of rotatable bonds is 3. The molecule has 29 heavy (non-hydrogen) atoms. The molecule has 3 heterocycles. The van der Waals surface area contributed by atoms with E-state index in [1.807, 2.05) is 30.3 Å². The minimum atomic E-state index is -0.961. The van der Waals surface area contributed by atoms with Gasteiger partial charge in [0.2, 0.25) is 0 Å². The summed E-state index contributed by atoms with van der Waals surface area (Å²) in [5.41, 5.74) is 0.862. The predicted octanol–water partition coefficient (Wildman–Crippen LogP) is 3.79. The van der Waals surface area contributed by atoms with E-state index >= 15 is 0 Å². The second-order valence-electron chi connectivity index (χ2n) is 8.43. The Balaban J connectivity index is 1.32. The molecule has 0 N–H and O–H groups in total. The number of alkyl halides is 2. The molecule has 5 nitrogen and oxygen atoms in total. The topological polar surface area (TPSA) is 55.8 Å². The van der Waals surface area contributed by atoms with Gasteiger partial charge in [-0.25, -0.2) is 0 Å². The lowest BCUT2D eigenvalue weighted by Crippen LogP contribution is -2.50. The van der Waals surface area contributed by atoms with Crippen LogP contribution in [-0.4, -0.2) is 38.8 Å². The second kappa shape index (κ2) is 5.90. The summed E-state index contributed by atoms with van der Waals surface area (Å²) < 4.78 is 6.13. The zero-order valence-corrected chi connectivity index (χ0v) is 17.9. The van der Waals surface area contributed by atoms with E-state index in [0.717, 1.165) is 10.6 Å². The monoisotopic (exact) mass is 473 g/mol. The number of fused-ring (bicyclic) bond motifs is 12. The summed E-state index contributed by atoms with van der Waals surface area (Å²) in [5, 5.41) is 1.56. The number of allylic oxidation sites excluding steroid dienone is 2. The van der Waals surface area contributed by atoms with Crippen molar-refractivity contribution in [2.45, 2.75) is 35.0 Å². The van der Waals surface area contributed by atoms with E-state index in [1.165, 1.54) is 0 Å². The van der Waals surface area contributed by atoms with Gasteiger partial charge in [-0.3, -0.25) is 14.4 Å². The first-order valence-corrected chi connectivity index (χ1v) is 10.9. The quantitative estimate of drug-likeness (QED) is 0.494. The van der Waals surface area contributed by atoms with Gasteiger partial charge >= 0.3 is 0 Å². The lowest BCUT2D eigenvalue weighted by molar-refractivity contribution is -0.196. The van der Waals surface area contributed by atoms with Crippen LogP contribution in [0.1, 0.15) is 12.0 Å². The summed E-state index contributed by atoms with van der Waals surface area (Å²) in [6.07, 6.45) is -0.690. The molecule has 3 saturated heterocycles. The standard InChI is InChI=1S/C20H15Cl4NO4/c21-15-16(22)20(24)7-19(15,23)11-12(20)14-10-9(13(11)29-14)17(26)25(18(10)27)28-6-8-4-2-1-3-5-8/h1-5,9-14H,6-7H2/t9-,10+,11-,12-,13+,14-,19+,20+/m1/s1. The highest BCUT2D eigenvalue weighted by atomic mass is 35.5. The molecule has 3 aliphatic heterocycles. The maximum Gasteiger partial charge on any atom is 0.260 e. The van der Waals surface area contributed by atoms with Crippen molar-refractivity contribution in [1.82, 2.24) is 5.06 Å². The normalized spacial score (nSPS) is 46.8. The van der Waals surface area contributed by atoms with Crippen LogP contribution in [0.5, 0.6) is 0 Å². The zero-order valence-electron chi connectivity index (χ0n) is 14.9. The highest BCUT2D eigenvalue weighted by Gasteiger charge is 2.82. The first-order valence-electron chi connectivity index (χ1n) is 9.43. The molecule has 0 aromatic heterocycles. The van der Waals surface area contributed by atoms with Gasteiger partial charge in [-0.05, 0) is 12.0 Å². The first kappa shape index (κ1) is 18.9. The van der Waals surface area contributed by atoms with Crippen molar-refractivity contribution in [1.29, 1.82) is 0 Å². The molecule has 1 aromatic rings. The number of nitrogens with zero attached hydrogens (tertiary/aromatic N) is 1. The van der Waals surface area contributed by atoms with Crippen LogP contribution in [0.2, 0.25) is 0 Å². The van der Waals surface area contributed by atoms with E-state index in [9.17, 15) is 9.59 Å². The molecule has 6 rings (SSSR count). The van der Waals surface area contributed by atoms with Crippen molar-refractivity contribution in [3.8, 4) is 0 Å². The maximum atomic E-state index is 13.1. The predicted molar refractivity (Wildman–Crippen MR) is 106 cm³/mol. The number of amides is 2. The Morgan fingerprint density at radius 2 is 1.48 bits per heavy atom. The fourth-order valence-corrected chi connectivity index (χ4v) is 8.12. The molecule has 1 aromatic carbocycles. The van der Waals surface area contributed by atoms with Gasteiger partial charge in [0.1, 0.15) is 6.61 Å². The van der Waals surface area contributed by atoms with E-state index in [1.54, 1.807) is 0 Å². The number of halogens is 4. The first-order chi connectivity index (χ1) is 13.8. The average molecular weight is 475 g/mol. The molecule has 4 bridgehead atoms. The van der Waals surface area contributed by atoms with Crippen molar-refractivity contribution in [3.63, 3.8) is 0 Å². The zero-order chi connectivity index (χ0) is 20.3. The Kier molecular flexibility index (Phi) is 3.85. The van der Waals surface area contributed by atoms with Gasteiger partial charge in [0.25, 0.3) is 11.8 Å². The maximum absolute atomic E-state index is 13.1. The van der Waals surface area contributed by atoms with E-state index in [2.05, 4.69) is 0 Å². The van der Waals surface area contributed by atoms with Crippen molar-refractivity contribution >= 4 is 58.2 Å². The molecule has 8 atom stereocenters. The van der Waals surface area contributed by atoms with Gasteiger partial charge < -0.3 is 4.74 Å². The molecular weight excluding hydrogens is 460 g/mol. The molecule has 0 spiro atoms. The second-order valence-corrected chi connectivity index (χ2v) is 10.5. The SMILES string of the molecule is O=C1[C@@H]2[C@H]3O[C@@H]([C@@H]2C(=O)N1OCc1ccccc1)[C@H]1[C@H]3[C@@]2(Cl)C[C@@]1(Cl)C(Cl)=C2Cl. The number of hydroxylamine groups is 2. The van der Waals surface area contributed by atoms with Crippen LogP contribution in [0.4, 0.5) is 0 Å².